The van der Waals surface area contributed by atoms with Crippen LogP contribution in [0.2, 0.25) is 5.02 Å². The molecule has 0 spiro atoms. The fourth-order valence-electron chi connectivity index (χ4n) is 5.02. The van der Waals surface area contributed by atoms with E-state index in [-0.39, 0.29) is 42.4 Å². The minimum atomic E-state index is -1.23. The average molecular weight is 490 g/mol. The quantitative estimate of drug-likeness (QED) is 0.684. The Kier molecular flexibility index (Phi) is 5.93. The fourth-order valence-corrected chi connectivity index (χ4v) is 5.10. The topological polar surface area (TPSA) is 93.4 Å². The largest absolute Gasteiger partial charge is 0.486 e. The first-order valence-corrected chi connectivity index (χ1v) is 11.7. The molecule has 0 aliphatic carbocycles. The van der Waals surface area contributed by atoms with E-state index in [1.807, 2.05) is 0 Å². The maximum Gasteiger partial charge on any atom is 0.258 e. The van der Waals surface area contributed by atoms with Crippen molar-refractivity contribution in [1.82, 2.24) is 20.2 Å². The van der Waals surface area contributed by atoms with Crippen LogP contribution in [0.5, 0.6) is 5.75 Å². The number of benzene rings is 1. The number of piperidine rings is 1. The SMILES string of the molecule is Cc1nc(C2=C(N)CN(C(=O)c3ccc(F)cc3O[C@@H]3C[C@@H]4CC[C@@H](N4)C3F)C2)nc(C)c1Cl. The second kappa shape index (κ2) is 8.78. The molecule has 1 unspecified atom stereocenters. The van der Waals surface area contributed by atoms with Crippen molar-refractivity contribution in [3.05, 3.63) is 57.5 Å². The number of aryl methyl sites for hydroxylation is 2. The summed E-state index contributed by atoms with van der Waals surface area (Å²) >= 11 is 6.18. The molecule has 3 N–H and O–H groups in total. The summed E-state index contributed by atoms with van der Waals surface area (Å²) in [5.74, 6) is -0.476. The first-order valence-electron chi connectivity index (χ1n) is 11.4. The van der Waals surface area contributed by atoms with Gasteiger partial charge in [0.05, 0.1) is 35.1 Å². The number of nitrogens with zero attached hydrogens (tertiary/aromatic N) is 3. The van der Waals surface area contributed by atoms with Gasteiger partial charge in [0.15, 0.2) is 12.0 Å². The smallest absolute Gasteiger partial charge is 0.258 e. The van der Waals surface area contributed by atoms with Crippen LogP contribution >= 0.6 is 11.6 Å². The number of alkyl halides is 1. The van der Waals surface area contributed by atoms with Gasteiger partial charge < -0.3 is 20.7 Å². The summed E-state index contributed by atoms with van der Waals surface area (Å²) in [5, 5.41) is 3.73. The van der Waals surface area contributed by atoms with Gasteiger partial charge in [-0.15, -0.1) is 0 Å². The van der Waals surface area contributed by atoms with Crippen molar-refractivity contribution < 1.29 is 18.3 Å². The van der Waals surface area contributed by atoms with E-state index in [0.29, 0.717) is 39.9 Å². The van der Waals surface area contributed by atoms with Gasteiger partial charge in [0.1, 0.15) is 17.7 Å². The van der Waals surface area contributed by atoms with Gasteiger partial charge in [-0.2, -0.15) is 0 Å². The Hall–Kier alpha value is -2.78. The van der Waals surface area contributed by atoms with E-state index in [9.17, 15) is 13.6 Å². The third-order valence-electron chi connectivity index (χ3n) is 6.82. The van der Waals surface area contributed by atoms with Gasteiger partial charge in [0.25, 0.3) is 5.91 Å². The number of amides is 1. The Morgan fingerprint density at radius 1 is 1.24 bits per heavy atom. The molecule has 180 valence electrons. The Morgan fingerprint density at radius 2 is 1.97 bits per heavy atom. The summed E-state index contributed by atoms with van der Waals surface area (Å²) in [4.78, 5) is 23.8. The Balaban J connectivity index is 1.37. The maximum absolute atomic E-state index is 14.9. The molecule has 2 bridgehead atoms. The molecule has 10 heteroatoms. The van der Waals surface area contributed by atoms with E-state index in [2.05, 4.69) is 15.3 Å². The summed E-state index contributed by atoms with van der Waals surface area (Å²) in [5.41, 5.74) is 8.77. The summed E-state index contributed by atoms with van der Waals surface area (Å²) < 4.78 is 34.9. The second-order valence-electron chi connectivity index (χ2n) is 9.22. The first-order chi connectivity index (χ1) is 16.2. The van der Waals surface area contributed by atoms with Crippen molar-refractivity contribution in [3.63, 3.8) is 0 Å². The first kappa shape index (κ1) is 23.0. The molecule has 1 aromatic carbocycles. The lowest BCUT2D eigenvalue weighted by Gasteiger charge is -2.33. The number of hydrogen-bond acceptors (Lipinski definition) is 6. The molecule has 3 aliphatic heterocycles. The summed E-state index contributed by atoms with van der Waals surface area (Å²) in [6.07, 6.45) is 0.129. The third-order valence-corrected chi connectivity index (χ3v) is 7.37. The standard InChI is InChI=1S/C24H26ClF2N5O2/c1-11-21(25)12(2)30-23(29-11)16-9-32(10-17(16)28)24(33)15-5-3-13(26)7-19(15)34-20-8-14-4-6-18(31-14)22(20)27/h3,5,7,14,18,20,22,31H,4,6,8-10,28H2,1-2H3/t14-,18+,20+,22?/m0/s1. The molecule has 0 saturated carbocycles. The van der Waals surface area contributed by atoms with Gasteiger partial charge in [0.2, 0.25) is 0 Å². The van der Waals surface area contributed by atoms with Crippen LogP contribution in [0.25, 0.3) is 5.57 Å². The second-order valence-corrected chi connectivity index (χ2v) is 9.60. The predicted molar refractivity (Wildman–Crippen MR) is 124 cm³/mol. The number of nitrogens with two attached hydrogens (primary N) is 1. The number of carbonyl (C=O) groups is 1. The highest BCUT2D eigenvalue weighted by Crippen LogP contribution is 2.34. The number of rotatable bonds is 4. The molecule has 2 fully saturated rings. The van der Waals surface area contributed by atoms with Crippen molar-refractivity contribution in [2.75, 3.05) is 13.1 Å². The zero-order valence-electron chi connectivity index (χ0n) is 18.9. The van der Waals surface area contributed by atoms with Crippen molar-refractivity contribution in [2.24, 2.45) is 5.73 Å². The van der Waals surface area contributed by atoms with Crippen molar-refractivity contribution in [3.8, 4) is 5.75 Å². The number of halogens is 3. The molecule has 5 rings (SSSR count). The van der Waals surface area contributed by atoms with Crippen LogP contribution in [0, 0.1) is 19.7 Å². The zero-order valence-corrected chi connectivity index (χ0v) is 19.7. The number of nitrogens with one attached hydrogen (secondary N) is 1. The van der Waals surface area contributed by atoms with Crippen LogP contribution in [0.15, 0.2) is 23.9 Å². The van der Waals surface area contributed by atoms with Crippen molar-refractivity contribution in [1.29, 1.82) is 0 Å². The van der Waals surface area contributed by atoms with Gasteiger partial charge in [-0.05, 0) is 38.8 Å². The van der Waals surface area contributed by atoms with Gasteiger partial charge in [-0.25, -0.2) is 18.7 Å². The van der Waals surface area contributed by atoms with E-state index in [1.165, 1.54) is 17.0 Å². The minimum absolute atomic E-state index is 0.0420. The lowest BCUT2D eigenvalue weighted by Crippen LogP contribution is -2.51. The maximum atomic E-state index is 14.9. The van der Waals surface area contributed by atoms with Crippen LogP contribution < -0.4 is 15.8 Å². The molecule has 1 amide bonds. The molecular weight excluding hydrogens is 464 g/mol. The van der Waals surface area contributed by atoms with E-state index in [1.54, 1.807) is 13.8 Å². The lowest BCUT2D eigenvalue weighted by atomic mass is 10.00. The van der Waals surface area contributed by atoms with Gasteiger partial charge in [-0.3, -0.25) is 4.79 Å². The van der Waals surface area contributed by atoms with Crippen LogP contribution in [0.1, 0.15) is 46.8 Å². The Morgan fingerprint density at radius 3 is 2.71 bits per heavy atom. The van der Waals surface area contributed by atoms with Crippen LogP contribution in [-0.4, -0.2) is 58.2 Å². The van der Waals surface area contributed by atoms with Crippen LogP contribution in [0.4, 0.5) is 8.78 Å². The van der Waals surface area contributed by atoms with Crippen molar-refractivity contribution in [2.45, 2.75) is 57.5 Å². The monoisotopic (exact) mass is 489 g/mol. The number of ether oxygens (including phenoxy) is 1. The van der Waals surface area contributed by atoms with E-state index < -0.39 is 18.1 Å². The Labute approximate surface area is 201 Å². The number of carbonyl (C=O) groups excluding carboxylic acids is 1. The third kappa shape index (κ3) is 4.11. The van der Waals surface area contributed by atoms with E-state index >= 15 is 0 Å². The predicted octanol–water partition coefficient (Wildman–Crippen LogP) is 3.32. The number of aromatic nitrogens is 2. The van der Waals surface area contributed by atoms with Crippen LogP contribution in [0.3, 0.4) is 0 Å². The highest BCUT2D eigenvalue weighted by molar-refractivity contribution is 6.31. The summed E-state index contributed by atoms with van der Waals surface area (Å²) in [7, 11) is 0. The van der Waals surface area contributed by atoms with Gasteiger partial charge >= 0.3 is 0 Å². The molecule has 3 aliphatic rings. The number of fused-ring (bicyclic) bond motifs is 2. The summed E-state index contributed by atoms with van der Waals surface area (Å²) in [6.45, 7) is 3.91. The van der Waals surface area contributed by atoms with Gasteiger partial charge in [0, 0.05) is 35.8 Å². The minimum Gasteiger partial charge on any atom is -0.486 e. The number of hydrogen-bond donors (Lipinski definition) is 2. The molecular formula is C24H26ClF2N5O2. The van der Waals surface area contributed by atoms with Crippen molar-refractivity contribution >= 4 is 23.1 Å². The highest BCUT2D eigenvalue weighted by atomic mass is 35.5. The fraction of sp³-hybridized carbons (Fsp3) is 0.458. The molecule has 34 heavy (non-hydrogen) atoms. The normalized spacial score (nSPS) is 26.3. The average Bonchev–Trinajstić information content (AvgIpc) is 3.39. The Bertz CT molecular complexity index is 1170. The zero-order chi connectivity index (χ0) is 24.1. The van der Waals surface area contributed by atoms with E-state index in [0.717, 1.165) is 18.9 Å². The molecule has 2 saturated heterocycles. The molecule has 1 aromatic heterocycles. The van der Waals surface area contributed by atoms with Gasteiger partial charge in [-0.1, -0.05) is 11.6 Å². The highest BCUT2D eigenvalue weighted by Gasteiger charge is 2.43. The van der Waals surface area contributed by atoms with E-state index in [4.69, 9.17) is 22.1 Å². The lowest BCUT2D eigenvalue weighted by molar-refractivity contribution is 0.0442. The molecule has 4 heterocycles. The molecule has 0 radical (unpaired) electrons. The van der Waals surface area contributed by atoms with Crippen LogP contribution in [-0.2, 0) is 0 Å². The molecule has 7 nitrogen and oxygen atoms in total. The molecule has 4 atom stereocenters. The molecule has 2 aromatic rings. The summed E-state index contributed by atoms with van der Waals surface area (Å²) in [6, 6.07) is 3.62.